The normalized spacial score (nSPS) is 17.3. The predicted octanol–water partition coefficient (Wildman–Crippen LogP) is 4.56. The van der Waals surface area contributed by atoms with Gasteiger partial charge in [-0.25, -0.2) is 4.68 Å². The lowest BCUT2D eigenvalue weighted by molar-refractivity contribution is 0.243. The minimum Gasteiger partial charge on any atom is -0.372 e. The molecule has 1 aliphatic carbocycles. The van der Waals surface area contributed by atoms with E-state index >= 15 is 0 Å². The SMILES string of the molecule is C=CCn1c(C2CC2)nn(CN(C)Cc2ccc(N3CCCCC3)cc2)c1=S. The van der Waals surface area contributed by atoms with Crippen LogP contribution in [-0.2, 0) is 19.8 Å². The molecular weight excluding hydrogens is 366 g/mol. The summed E-state index contributed by atoms with van der Waals surface area (Å²) in [6, 6.07) is 9.05. The summed E-state index contributed by atoms with van der Waals surface area (Å²) in [6.45, 7) is 8.58. The van der Waals surface area contributed by atoms with E-state index in [2.05, 4.69) is 52.3 Å². The lowest BCUT2D eigenvalue weighted by Gasteiger charge is -2.29. The van der Waals surface area contributed by atoms with Crippen molar-refractivity contribution < 1.29 is 0 Å². The van der Waals surface area contributed by atoms with Gasteiger partial charge in [0.05, 0.1) is 6.67 Å². The van der Waals surface area contributed by atoms with E-state index in [1.807, 2.05) is 10.8 Å². The molecular formula is C22H31N5S. The van der Waals surface area contributed by atoms with Crippen LogP contribution in [0.5, 0.6) is 0 Å². The summed E-state index contributed by atoms with van der Waals surface area (Å²) in [5.41, 5.74) is 2.67. The van der Waals surface area contributed by atoms with Gasteiger partial charge in [-0.1, -0.05) is 18.2 Å². The van der Waals surface area contributed by atoms with Crippen molar-refractivity contribution in [1.82, 2.24) is 19.2 Å². The molecule has 5 nitrogen and oxygen atoms in total. The fourth-order valence-corrected chi connectivity index (χ4v) is 4.32. The molecule has 1 saturated carbocycles. The van der Waals surface area contributed by atoms with Gasteiger partial charge < -0.3 is 4.90 Å². The van der Waals surface area contributed by atoms with Crippen LogP contribution in [0.2, 0.25) is 0 Å². The highest BCUT2D eigenvalue weighted by atomic mass is 32.1. The second kappa shape index (κ2) is 8.62. The lowest BCUT2D eigenvalue weighted by Crippen LogP contribution is -2.29. The average molecular weight is 398 g/mol. The van der Waals surface area contributed by atoms with Crippen LogP contribution in [0.3, 0.4) is 0 Å². The van der Waals surface area contributed by atoms with E-state index in [0.717, 1.165) is 23.7 Å². The smallest absolute Gasteiger partial charge is 0.199 e. The molecule has 1 saturated heterocycles. The highest BCUT2D eigenvalue weighted by molar-refractivity contribution is 7.71. The van der Waals surface area contributed by atoms with E-state index in [1.54, 1.807) is 0 Å². The minimum absolute atomic E-state index is 0.579. The Balaban J connectivity index is 1.40. The predicted molar refractivity (Wildman–Crippen MR) is 117 cm³/mol. The molecule has 0 bridgehead atoms. The molecule has 150 valence electrons. The molecule has 2 aliphatic rings. The number of aromatic nitrogens is 3. The molecule has 0 unspecified atom stereocenters. The molecule has 2 aromatic rings. The van der Waals surface area contributed by atoms with Gasteiger partial charge in [0.1, 0.15) is 5.82 Å². The maximum Gasteiger partial charge on any atom is 0.199 e. The van der Waals surface area contributed by atoms with Crippen LogP contribution in [0.25, 0.3) is 0 Å². The van der Waals surface area contributed by atoms with Crippen LogP contribution in [0.4, 0.5) is 5.69 Å². The third kappa shape index (κ3) is 4.39. The zero-order valence-corrected chi connectivity index (χ0v) is 17.7. The molecule has 28 heavy (non-hydrogen) atoms. The molecule has 0 N–H and O–H groups in total. The summed E-state index contributed by atoms with van der Waals surface area (Å²) in [7, 11) is 2.13. The van der Waals surface area contributed by atoms with E-state index in [9.17, 15) is 0 Å². The summed E-state index contributed by atoms with van der Waals surface area (Å²) < 4.78 is 4.91. The van der Waals surface area contributed by atoms with Crippen LogP contribution >= 0.6 is 12.2 Å². The monoisotopic (exact) mass is 397 g/mol. The van der Waals surface area contributed by atoms with Crippen LogP contribution in [0.15, 0.2) is 36.9 Å². The first kappa shape index (κ1) is 19.4. The Morgan fingerprint density at radius 3 is 2.54 bits per heavy atom. The number of nitrogens with zero attached hydrogens (tertiary/aromatic N) is 5. The number of piperidine rings is 1. The van der Waals surface area contributed by atoms with Crippen molar-refractivity contribution in [2.45, 2.75) is 57.8 Å². The van der Waals surface area contributed by atoms with Gasteiger partial charge in [-0.15, -0.1) is 6.58 Å². The molecule has 0 radical (unpaired) electrons. The molecule has 0 atom stereocenters. The Morgan fingerprint density at radius 1 is 1.18 bits per heavy atom. The molecule has 1 aliphatic heterocycles. The van der Waals surface area contributed by atoms with Crippen LogP contribution in [-0.4, -0.2) is 39.4 Å². The Bertz CT molecular complexity index is 856. The van der Waals surface area contributed by atoms with Gasteiger partial charge in [-0.05, 0) is 69.1 Å². The van der Waals surface area contributed by atoms with E-state index in [-0.39, 0.29) is 0 Å². The first-order valence-corrected chi connectivity index (χ1v) is 10.9. The molecule has 0 amide bonds. The molecule has 4 rings (SSSR count). The van der Waals surface area contributed by atoms with Crippen molar-refractivity contribution in [3.05, 3.63) is 53.1 Å². The Kier molecular flexibility index (Phi) is 5.97. The fourth-order valence-electron chi connectivity index (χ4n) is 4.05. The van der Waals surface area contributed by atoms with Crippen molar-refractivity contribution in [3.63, 3.8) is 0 Å². The van der Waals surface area contributed by atoms with E-state index < -0.39 is 0 Å². The number of rotatable bonds is 8. The largest absolute Gasteiger partial charge is 0.372 e. The lowest BCUT2D eigenvalue weighted by atomic mass is 10.1. The number of hydrogen-bond acceptors (Lipinski definition) is 4. The van der Waals surface area contributed by atoms with Crippen molar-refractivity contribution in [2.24, 2.45) is 0 Å². The fraction of sp³-hybridized carbons (Fsp3) is 0.545. The maximum absolute atomic E-state index is 5.68. The van der Waals surface area contributed by atoms with Crippen LogP contribution < -0.4 is 4.90 Å². The van der Waals surface area contributed by atoms with Crippen molar-refractivity contribution in [3.8, 4) is 0 Å². The van der Waals surface area contributed by atoms with E-state index in [4.69, 9.17) is 17.3 Å². The van der Waals surface area contributed by atoms with Gasteiger partial charge in [-0.2, -0.15) is 5.10 Å². The molecule has 1 aromatic heterocycles. The van der Waals surface area contributed by atoms with Gasteiger partial charge in [-0.3, -0.25) is 9.47 Å². The van der Waals surface area contributed by atoms with Crippen LogP contribution in [0.1, 0.15) is 49.4 Å². The number of allylic oxidation sites excluding steroid dienone is 1. The summed E-state index contributed by atoms with van der Waals surface area (Å²) in [5.74, 6) is 1.71. The Labute approximate surface area is 173 Å². The van der Waals surface area contributed by atoms with Crippen LogP contribution in [0, 0.1) is 4.77 Å². The standard InChI is InChI=1S/C22H31N5S/c1-3-13-26-21(19-9-10-19)23-27(22(26)28)17-24(2)16-18-7-11-20(12-8-18)25-14-5-4-6-15-25/h3,7-8,11-12,19H,1,4-6,9-10,13-17H2,2H3. The van der Waals surface area contributed by atoms with Gasteiger partial charge >= 0.3 is 0 Å². The number of benzene rings is 1. The third-order valence-corrected chi connectivity index (χ3v) is 6.12. The van der Waals surface area contributed by atoms with Gasteiger partial charge in [0.15, 0.2) is 4.77 Å². The van der Waals surface area contributed by atoms with Gasteiger partial charge in [0.25, 0.3) is 0 Å². The zero-order valence-electron chi connectivity index (χ0n) is 16.9. The molecule has 0 spiro atoms. The quantitative estimate of drug-likeness (QED) is 0.482. The first-order valence-electron chi connectivity index (χ1n) is 10.5. The summed E-state index contributed by atoms with van der Waals surface area (Å²) in [5, 5.41) is 4.83. The zero-order chi connectivity index (χ0) is 19.5. The number of anilines is 1. The van der Waals surface area contributed by atoms with Gasteiger partial charge in [0, 0.05) is 37.8 Å². The van der Waals surface area contributed by atoms with Crippen molar-refractivity contribution in [1.29, 1.82) is 0 Å². The third-order valence-electron chi connectivity index (χ3n) is 5.69. The summed E-state index contributed by atoms with van der Waals surface area (Å²) >= 11 is 5.68. The Hall–Kier alpha value is -1.92. The maximum atomic E-state index is 5.68. The highest BCUT2D eigenvalue weighted by Crippen LogP contribution is 2.39. The van der Waals surface area contributed by atoms with E-state index in [1.165, 1.54) is 56.4 Å². The average Bonchev–Trinajstić information content (AvgIpc) is 3.51. The summed E-state index contributed by atoms with van der Waals surface area (Å²) in [6.07, 6.45) is 8.34. The Morgan fingerprint density at radius 2 is 1.89 bits per heavy atom. The second-order valence-electron chi connectivity index (χ2n) is 8.18. The molecule has 1 aromatic carbocycles. The second-order valence-corrected chi connectivity index (χ2v) is 8.55. The minimum atomic E-state index is 0.579. The number of hydrogen-bond donors (Lipinski definition) is 0. The van der Waals surface area contributed by atoms with Crippen molar-refractivity contribution >= 4 is 17.9 Å². The van der Waals surface area contributed by atoms with Crippen molar-refractivity contribution in [2.75, 3.05) is 25.0 Å². The molecule has 2 fully saturated rings. The summed E-state index contributed by atoms with van der Waals surface area (Å²) in [4.78, 5) is 4.77. The van der Waals surface area contributed by atoms with Gasteiger partial charge in [0.2, 0.25) is 0 Å². The molecule has 2 heterocycles. The molecule has 6 heteroatoms. The highest BCUT2D eigenvalue weighted by Gasteiger charge is 2.29. The van der Waals surface area contributed by atoms with E-state index in [0.29, 0.717) is 12.6 Å². The first-order chi connectivity index (χ1) is 13.7. The topological polar surface area (TPSA) is 29.2 Å².